The molecule has 2 heterocycles. The highest BCUT2D eigenvalue weighted by atomic mass is 19.4. The molecule has 0 saturated carbocycles. The summed E-state index contributed by atoms with van der Waals surface area (Å²) in [4.78, 5) is 30.6. The van der Waals surface area contributed by atoms with E-state index in [2.05, 4.69) is 25.7 Å². The van der Waals surface area contributed by atoms with E-state index in [0.717, 1.165) is 4.52 Å². The fraction of sp³-hybridized carbons (Fsp3) is 0.278. The first-order chi connectivity index (χ1) is 14.0. The Morgan fingerprint density at radius 2 is 1.67 bits per heavy atom. The second-order valence-electron chi connectivity index (χ2n) is 6.52. The van der Waals surface area contributed by atoms with E-state index < -0.39 is 18.0 Å². The third-order valence-electron chi connectivity index (χ3n) is 4.34. The summed E-state index contributed by atoms with van der Waals surface area (Å²) in [7, 11) is 0. The molecule has 0 aliphatic rings. The van der Waals surface area contributed by atoms with E-state index in [1.54, 1.807) is 38.1 Å². The van der Waals surface area contributed by atoms with Crippen molar-refractivity contribution in [3.8, 4) is 0 Å². The number of carbonyl (C=O) groups is 2. The van der Waals surface area contributed by atoms with Crippen molar-refractivity contribution in [3.05, 3.63) is 47.0 Å². The molecule has 0 aliphatic carbocycles. The predicted octanol–water partition coefficient (Wildman–Crippen LogP) is 2.82. The van der Waals surface area contributed by atoms with Gasteiger partial charge in [0.15, 0.2) is 0 Å². The maximum Gasteiger partial charge on any atom is 0.453 e. The lowest BCUT2D eigenvalue weighted by atomic mass is 10.1. The highest BCUT2D eigenvalue weighted by Crippen LogP contribution is 2.27. The normalized spacial score (nSPS) is 11.5. The van der Waals surface area contributed by atoms with Crippen LogP contribution in [0.3, 0.4) is 0 Å². The van der Waals surface area contributed by atoms with Crippen molar-refractivity contribution in [2.75, 3.05) is 10.6 Å². The molecule has 12 heteroatoms. The molecular weight excluding hydrogens is 403 g/mol. The van der Waals surface area contributed by atoms with E-state index in [9.17, 15) is 22.8 Å². The van der Waals surface area contributed by atoms with Crippen molar-refractivity contribution in [2.45, 2.75) is 32.9 Å². The molecule has 158 valence electrons. The van der Waals surface area contributed by atoms with Gasteiger partial charge in [0.1, 0.15) is 0 Å². The molecule has 3 rings (SSSR count). The number of fused-ring (bicyclic) bond motifs is 1. The van der Waals surface area contributed by atoms with Gasteiger partial charge in [-0.3, -0.25) is 4.79 Å². The average molecular weight is 421 g/mol. The van der Waals surface area contributed by atoms with Crippen molar-refractivity contribution in [1.82, 2.24) is 19.6 Å². The first kappa shape index (κ1) is 21.0. The molecule has 0 atom stereocenters. The Kier molecular flexibility index (Phi) is 5.58. The Morgan fingerprint density at radius 3 is 2.23 bits per heavy atom. The van der Waals surface area contributed by atoms with Crippen molar-refractivity contribution in [1.29, 1.82) is 0 Å². The Bertz CT molecular complexity index is 1110. The number of rotatable bonds is 5. The lowest BCUT2D eigenvalue weighted by molar-refractivity contribution is -0.144. The van der Waals surface area contributed by atoms with Gasteiger partial charge in [-0.25, -0.2) is 14.3 Å². The quantitative estimate of drug-likeness (QED) is 0.584. The van der Waals surface area contributed by atoms with Gasteiger partial charge in [-0.05, 0) is 50.1 Å². The van der Waals surface area contributed by atoms with E-state index in [0.29, 0.717) is 28.3 Å². The van der Waals surface area contributed by atoms with Crippen molar-refractivity contribution < 1.29 is 22.8 Å². The molecule has 3 aromatic rings. The number of carbonyl (C=O) groups excluding carboxylic acids is 2. The highest BCUT2D eigenvalue weighted by Gasteiger charge is 2.36. The summed E-state index contributed by atoms with van der Waals surface area (Å²) in [6, 6.07) is 5.66. The molecule has 9 nitrogen and oxygen atoms in total. The van der Waals surface area contributed by atoms with Gasteiger partial charge < -0.3 is 16.4 Å². The van der Waals surface area contributed by atoms with E-state index in [1.807, 2.05) is 0 Å². The Morgan fingerprint density at radius 1 is 1.07 bits per heavy atom. The van der Waals surface area contributed by atoms with E-state index in [1.165, 1.54) is 0 Å². The van der Waals surface area contributed by atoms with Gasteiger partial charge in [-0.1, -0.05) is 0 Å². The monoisotopic (exact) mass is 421 g/mol. The molecule has 0 unspecified atom stereocenters. The Labute approximate surface area is 168 Å². The predicted molar refractivity (Wildman–Crippen MR) is 102 cm³/mol. The summed E-state index contributed by atoms with van der Waals surface area (Å²) in [5.41, 5.74) is 7.57. The van der Waals surface area contributed by atoms with Crippen LogP contribution in [0, 0.1) is 13.8 Å². The number of primary amides is 1. The summed E-state index contributed by atoms with van der Waals surface area (Å²) >= 11 is 0. The topological polar surface area (TPSA) is 127 Å². The minimum absolute atomic E-state index is 0.0803. The largest absolute Gasteiger partial charge is 0.453 e. The van der Waals surface area contributed by atoms with Crippen LogP contribution in [0.1, 0.15) is 29.2 Å². The summed E-state index contributed by atoms with van der Waals surface area (Å²) in [5.74, 6) is -1.70. The number of nitrogens with two attached hydrogens (primary N) is 1. The van der Waals surface area contributed by atoms with E-state index in [-0.39, 0.29) is 24.5 Å². The number of urea groups is 1. The molecular formula is C18H18F3N7O2. The Balaban J connectivity index is 1.70. The number of anilines is 2. The van der Waals surface area contributed by atoms with Gasteiger partial charge in [0.05, 0.1) is 0 Å². The molecule has 0 aliphatic heterocycles. The van der Waals surface area contributed by atoms with Gasteiger partial charge >= 0.3 is 12.2 Å². The standard InChI is InChI=1S/C18H18F3N7O2/c1-9-13(10(2)28-17(23-9)26-15(27-28)18(19,20)21)7-8-14(29)24-11-3-5-12(6-4-11)25-16(22)30/h3-6H,7-8H2,1-2H3,(H,24,29)(H3,22,25,30). The molecule has 3 amide bonds. The fourth-order valence-corrected chi connectivity index (χ4v) is 2.93. The van der Waals surface area contributed by atoms with E-state index in [4.69, 9.17) is 5.73 Å². The van der Waals surface area contributed by atoms with Crippen LogP contribution in [0.2, 0.25) is 0 Å². The number of nitrogens with one attached hydrogen (secondary N) is 2. The Hall–Kier alpha value is -3.70. The van der Waals surface area contributed by atoms with Crippen LogP contribution in [0.25, 0.3) is 5.78 Å². The number of nitrogens with zero attached hydrogens (tertiary/aromatic N) is 4. The van der Waals surface area contributed by atoms with Crippen molar-refractivity contribution >= 4 is 29.1 Å². The number of hydrogen-bond donors (Lipinski definition) is 3. The first-order valence-corrected chi connectivity index (χ1v) is 8.81. The summed E-state index contributed by atoms with van der Waals surface area (Å²) in [6.07, 6.45) is -4.33. The van der Waals surface area contributed by atoms with Gasteiger partial charge in [0.25, 0.3) is 11.6 Å². The number of benzene rings is 1. The van der Waals surface area contributed by atoms with Crippen molar-refractivity contribution in [3.63, 3.8) is 0 Å². The molecule has 0 saturated heterocycles. The van der Waals surface area contributed by atoms with Gasteiger partial charge in [0, 0.05) is 29.2 Å². The number of alkyl halides is 3. The molecule has 1 aromatic carbocycles. The minimum atomic E-state index is -4.67. The van der Waals surface area contributed by atoms with Crippen LogP contribution >= 0.6 is 0 Å². The zero-order chi connectivity index (χ0) is 22.1. The molecule has 2 aromatic heterocycles. The smallest absolute Gasteiger partial charge is 0.351 e. The molecule has 0 fully saturated rings. The van der Waals surface area contributed by atoms with Crippen LogP contribution in [0.5, 0.6) is 0 Å². The second-order valence-corrected chi connectivity index (χ2v) is 6.52. The lowest BCUT2D eigenvalue weighted by Crippen LogP contribution is -2.19. The lowest BCUT2D eigenvalue weighted by Gasteiger charge is -2.11. The third kappa shape index (κ3) is 4.64. The maximum atomic E-state index is 12.9. The molecule has 30 heavy (non-hydrogen) atoms. The second kappa shape index (κ2) is 7.97. The molecule has 4 N–H and O–H groups in total. The van der Waals surface area contributed by atoms with Crippen LogP contribution in [-0.2, 0) is 17.4 Å². The fourth-order valence-electron chi connectivity index (χ4n) is 2.93. The third-order valence-corrected chi connectivity index (χ3v) is 4.34. The van der Waals surface area contributed by atoms with E-state index >= 15 is 0 Å². The van der Waals surface area contributed by atoms with Crippen LogP contribution < -0.4 is 16.4 Å². The zero-order valence-corrected chi connectivity index (χ0v) is 16.0. The van der Waals surface area contributed by atoms with Gasteiger partial charge in [-0.15, -0.1) is 5.10 Å². The molecule has 0 radical (unpaired) electrons. The number of amides is 3. The summed E-state index contributed by atoms with van der Waals surface area (Å²) in [5, 5.41) is 8.60. The van der Waals surface area contributed by atoms with Crippen LogP contribution in [-0.4, -0.2) is 31.5 Å². The van der Waals surface area contributed by atoms with Crippen molar-refractivity contribution in [2.24, 2.45) is 5.73 Å². The number of aromatic nitrogens is 4. The first-order valence-electron chi connectivity index (χ1n) is 8.81. The number of aryl methyl sites for hydroxylation is 2. The maximum absolute atomic E-state index is 12.9. The molecule has 0 bridgehead atoms. The number of halogens is 3. The summed E-state index contributed by atoms with van der Waals surface area (Å²) < 4.78 is 39.6. The van der Waals surface area contributed by atoms with Crippen LogP contribution in [0.15, 0.2) is 24.3 Å². The number of hydrogen-bond acceptors (Lipinski definition) is 5. The molecule has 0 spiro atoms. The minimum Gasteiger partial charge on any atom is -0.351 e. The zero-order valence-electron chi connectivity index (χ0n) is 16.0. The summed E-state index contributed by atoms with van der Waals surface area (Å²) in [6.45, 7) is 3.25. The van der Waals surface area contributed by atoms with Crippen LogP contribution in [0.4, 0.5) is 29.3 Å². The van der Waals surface area contributed by atoms with Gasteiger partial charge in [-0.2, -0.15) is 18.2 Å². The SMILES string of the molecule is Cc1nc2nc(C(F)(F)F)nn2c(C)c1CCC(=O)Nc1ccc(NC(N)=O)cc1. The van der Waals surface area contributed by atoms with Gasteiger partial charge in [0.2, 0.25) is 5.91 Å². The highest BCUT2D eigenvalue weighted by molar-refractivity contribution is 5.92. The average Bonchev–Trinajstić information content (AvgIpc) is 3.07.